The standard InChI is InChI=1S/C18H25NO3S/c1-12-7-9-14(16(11-12)21-6)17(15-10-8-13(2)22-15)19-23(20)18(3,4)5/h7-11,17,19H,1-6H3. The third-order valence-electron chi connectivity index (χ3n) is 3.53. The highest BCUT2D eigenvalue weighted by Gasteiger charge is 2.28. The van der Waals surface area contributed by atoms with Crippen LogP contribution in [0.3, 0.4) is 0 Å². The fraction of sp³-hybridized carbons (Fsp3) is 0.444. The molecule has 2 unspecified atom stereocenters. The zero-order valence-corrected chi connectivity index (χ0v) is 15.4. The van der Waals surface area contributed by atoms with Crippen molar-refractivity contribution in [1.29, 1.82) is 0 Å². The predicted molar refractivity (Wildman–Crippen MR) is 94.1 cm³/mol. The lowest BCUT2D eigenvalue weighted by Crippen LogP contribution is -2.36. The number of benzene rings is 1. The number of hydrogen-bond donors (Lipinski definition) is 1. The van der Waals surface area contributed by atoms with Crippen molar-refractivity contribution in [1.82, 2.24) is 4.72 Å². The van der Waals surface area contributed by atoms with E-state index in [0.29, 0.717) is 0 Å². The van der Waals surface area contributed by atoms with Gasteiger partial charge in [-0.1, -0.05) is 12.1 Å². The van der Waals surface area contributed by atoms with E-state index in [4.69, 9.17) is 9.15 Å². The van der Waals surface area contributed by atoms with Crippen LogP contribution in [0.25, 0.3) is 0 Å². The molecular weight excluding hydrogens is 310 g/mol. The molecule has 2 rings (SSSR count). The molecular formula is C18H25NO3S. The molecule has 23 heavy (non-hydrogen) atoms. The Hall–Kier alpha value is -1.59. The molecule has 0 spiro atoms. The maximum Gasteiger partial charge on any atom is 0.126 e. The Balaban J connectivity index is 2.48. The van der Waals surface area contributed by atoms with E-state index in [1.54, 1.807) is 7.11 Å². The van der Waals surface area contributed by atoms with Crippen molar-refractivity contribution < 1.29 is 13.4 Å². The lowest BCUT2D eigenvalue weighted by molar-refractivity contribution is 0.398. The van der Waals surface area contributed by atoms with Gasteiger partial charge < -0.3 is 9.15 Å². The minimum Gasteiger partial charge on any atom is -0.496 e. The first-order valence-electron chi connectivity index (χ1n) is 7.61. The summed E-state index contributed by atoms with van der Waals surface area (Å²) in [6, 6.07) is 9.46. The first kappa shape index (κ1) is 17.8. The van der Waals surface area contributed by atoms with Crippen molar-refractivity contribution in [2.75, 3.05) is 7.11 Å². The molecule has 0 radical (unpaired) electrons. The van der Waals surface area contributed by atoms with Gasteiger partial charge >= 0.3 is 0 Å². The molecule has 126 valence electrons. The smallest absolute Gasteiger partial charge is 0.126 e. The van der Waals surface area contributed by atoms with Crippen LogP contribution in [0.2, 0.25) is 0 Å². The van der Waals surface area contributed by atoms with Crippen LogP contribution in [0.4, 0.5) is 0 Å². The van der Waals surface area contributed by atoms with Gasteiger partial charge in [-0.15, -0.1) is 0 Å². The molecule has 1 heterocycles. The van der Waals surface area contributed by atoms with Crippen molar-refractivity contribution in [3.05, 3.63) is 53.0 Å². The predicted octanol–water partition coefficient (Wildman–Crippen LogP) is 4.05. The Morgan fingerprint density at radius 2 is 1.87 bits per heavy atom. The lowest BCUT2D eigenvalue weighted by atomic mass is 10.0. The van der Waals surface area contributed by atoms with Crippen molar-refractivity contribution in [3.63, 3.8) is 0 Å². The Bertz CT molecular complexity index is 701. The third-order valence-corrected chi connectivity index (χ3v) is 5.09. The topological polar surface area (TPSA) is 51.5 Å². The molecule has 0 aliphatic carbocycles. The van der Waals surface area contributed by atoms with Gasteiger partial charge in [0.2, 0.25) is 0 Å². The summed E-state index contributed by atoms with van der Waals surface area (Å²) in [5.41, 5.74) is 2.02. The second-order valence-electron chi connectivity index (χ2n) is 6.63. The number of hydrogen-bond acceptors (Lipinski definition) is 3. The Morgan fingerprint density at radius 1 is 1.17 bits per heavy atom. The van der Waals surface area contributed by atoms with Crippen LogP contribution in [-0.2, 0) is 11.0 Å². The van der Waals surface area contributed by atoms with Gasteiger partial charge in [0.15, 0.2) is 0 Å². The van der Waals surface area contributed by atoms with E-state index in [-0.39, 0.29) is 10.8 Å². The van der Waals surface area contributed by atoms with Gasteiger partial charge in [0.25, 0.3) is 0 Å². The zero-order chi connectivity index (χ0) is 17.2. The Morgan fingerprint density at radius 3 is 2.39 bits per heavy atom. The number of nitrogens with one attached hydrogen (secondary N) is 1. The normalized spacial score (nSPS) is 14.5. The summed E-state index contributed by atoms with van der Waals surface area (Å²) in [5, 5.41) is 0. The minimum absolute atomic E-state index is 0.334. The van der Waals surface area contributed by atoms with E-state index in [1.165, 1.54) is 0 Å². The van der Waals surface area contributed by atoms with E-state index >= 15 is 0 Å². The van der Waals surface area contributed by atoms with Crippen molar-refractivity contribution >= 4 is 11.0 Å². The highest BCUT2D eigenvalue weighted by molar-refractivity contribution is 7.84. The summed E-state index contributed by atoms with van der Waals surface area (Å²) in [6.45, 7) is 9.72. The average Bonchev–Trinajstić information content (AvgIpc) is 2.90. The first-order chi connectivity index (χ1) is 10.7. The molecule has 0 fully saturated rings. The summed E-state index contributed by atoms with van der Waals surface area (Å²) >= 11 is 0. The molecule has 1 aromatic carbocycles. The monoisotopic (exact) mass is 335 g/mol. The van der Waals surface area contributed by atoms with E-state index in [9.17, 15) is 4.21 Å². The number of methoxy groups -OCH3 is 1. The van der Waals surface area contributed by atoms with Crippen LogP contribution < -0.4 is 9.46 Å². The van der Waals surface area contributed by atoms with E-state index in [0.717, 1.165) is 28.4 Å². The van der Waals surface area contributed by atoms with Crippen LogP contribution in [0.5, 0.6) is 5.75 Å². The van der Waals surface area contributed by atoms with E-state index < -0.39 is 11.0 Å². The molecule has 2 aromatic rings. The second kappa shape index (κ2) is 6.89. The first-order valence-corrected chi connectivity index (χ1v) is 8.76. The second-order valence-corrected chi connectivity index (χ2v) is 8.62. The van der Waals surface area contributed by atoms with Crippen LogP contribution in [0.15, 0.2) is 34.7 Å². The van der Waals surface area contributed by atoms with Gasteiger partial charge in [-0.25, -0.2) is 8.93 Å². The summed E-state index contributed by atoms with van der Waals surface area (Å²) in [4.78, 5) is 0. The maximum absolute atomic E-state index is 12.6. The number of aryl methyl sites for hydroxylation is 2. The highest BCUT2D eigenvalue weighted by Crippen LogP contribution is 2.33. The number of furan rings is 1. The van der Waals surface area contributed by atoms with Crippen molar-refractivity contribution in [3.8, 4) is 5.75 Å². The number of rotatable bonds is 5. The van der Waals surface area contributed by atoms with Crippen LogP contribution in [-0.4, -0.2) is 16.1 Å². The Kier molecular flexibility index (Phi) is 5.32. The van der Waals surface area contributed by atoms with E-state index in [2.05, 4.69) is 4.72 Å². The fourth-order valence-corrected chi connectivity index (χ4v) is 3.03. The average molecular weight is 335 g/mol. The molecule has 1 N–H and O–H groups in total. The third kappa shape index (κ3) is 4.24. The van der Waals surface area contributed by atoms with Gasteiger partial charge in [0, 0.05) is 5.56 Å². The molecule has 0 aliphatic heterocycles. The summed E-state index contributed by atoms with van der Waals surface area (Å²) in [7, 11) is 0.402. The van der Waals surface area contributed by atoms with Crippen molar-refractivity contribution in [2.24, 2.45) is 0 Å². The molecule has 5 heteroatoms. The van der Waals surface area contributed by atoms with Crippen molar-refractivity contribution in [2.45, 2.75) is 45.4 Å². The summed E-state index contributed by atoms with van der Waals surface area (Å²) in [6.07, 6.45) is 0. The minimum atomic E-state index is -1.24. The van der Waals surface area contributed by atoms with Gasteiger partial charge in [-0.3, -0.25) is 0 Å². The SMILES string of the molecule is COc1cc(C)ccc1C(NS(=O)C(C)(C)C)c1ccc(C)o1. The van der Waals surface area contributed by atoms with Crippen LogP contribution >= 0.6 is 0 Å². The van der Waals surface area contributed by atoms with Gasteiger partial charge in [-0.2, -0.15) is 0 Å². The molecule has 0 bridgehead atoms. The van der Waals surface area contributed by atoms with Crippen LogP contribution in [0.1, 0.15) is 49.5 Å². The molecule has 0 saturated heterocycles. The van der Waals surface area contributed by atoms with Gasteiger partial charge in [0.1, 0.15) is 23.3 Å². The molecule has 0 aliphatic rings. The zero-order valence-electron chi connectivity index (χ0n) is 14.6. The fourth-order valence-electron chi connectivity index (χ4n) is 2.22. The summed E-state index contributed by atoms with van der Waals surface area (Å²) < 4.78 is 26.7. The van der Waals surface area contributed by atoms with Gasteiger partial charge in [-0.05, 0) is 58.4 Å². The molecule has 4 nitrogen and oxygen atoms in total. The maximum atomic E-state index is 12.6. The quantitative estimate of drug-likeness (QED) is 0.897. The lowest BCUT2D eigenvalue weighted by Gasteiger charge is -2.24. The highest BCUT2D eigenvalue weighted by atomic mass is 32.2. The number of ether oxygens (including phenoxy) is 1. The van der Waals surface area contributed by atoms with Gasteiger partial charge in [0.05, 0.1) is 22.8 Å². The van der Waals surface area contributed by atoms with E-state index in [1.807, 2.05) is 65.0 Å². The molecule has 0 amide bonds. The molecule has 0 saturated carbocycles. The Labute approximate surface area is 140 Å². The molecule has 2 atom stereocenters. The molecule has 1 aromatic heterocycles. The summed E-state index contributed by atoms with van der Waals surface area (Å²) in [5.74, 6) is 2.30. The van der Waals surface area contributed by atoms with Crippen LogP contribution in [0, 0.1) is 13.8 Å². The largest absolute Gasteiger partial charge is 0.496 e.